The second-order valence-corrected chi connectivity index (χ2v) is 15.8. The Hall–Kier alpha value is -4.23. The molecule has 0 radical (unpaired) electrons. The summed E-state index contributed by atoms with van der Waals surface area (Å²) >= 11 is 0. The molecule has 16 heteroatoms. The van der Waals surface area contributed by atoms with E-state index in [2.05, 4.69) is 0 Å². The number of phenolic OH excluding ortho intramolecular Hbond substituents is 1. The normalized spacial score (nSPS) is 35.5. The monoisotopic (exact) mass is 806 g/mol. The molecule has 1 aliphatic carbocycles. The van der Waals surface area contributed by atoms with Gasteiger partial charge in [0.2, 0.25) is 11.9 Å². The van der Waals surface area contributed by atoms with Gasteiger partial charge in [0.1, 0.15) is 29.5 Å². The molecule has 10 atom stereocenters. The van der Waals surface area contributed by atoms with Gasteiger partial charge in [-0.3, -0.25) is 14.4 Å². The van der Waals surface area contributed by atoms with Crippen LogP contribution in [0.4, 0.5) is 0 Å². The highest BCUT2D eigenvalue weighted by molar-refractivity contribution is 6.12. The molecule has 310 valence electrons. The molecule has 16 nitrogen and oxygen atoms in total. The summed E-state index contributed by atoms with van der Waals surface area (Å²) in [5.41, 5.74) is -1.15. The first-order valence-electron chi connectivity index (χ1n) is 19.3. The number of Topliss-reactive ketones (excluding diaryl/α,β-unsaturated/α-hetero) is 2. The van der Waals surface area contributed by atoms with Crippen molar-refractivity contribution >= 4 is 28.3 Å². The van der Waals surface area contributed by atoms with Gasteiger partial charge >= 0.3 is 5.97 Å². The van der Waals surface area contributed by atoms with Crippen molar-refractivity contribution in [2.45, 2.75) is 119 Å². The van der Waals surface area contributed by atoms with Crippen LogP contribution < -0.4 is 9.47 Å². The lowest BCUT2D eigenvalue weighted by Gasteiger charge is -2.52. The average Bonchev–Trinajstić information content (AvgIpc) is 3.86. The molecule has 6 aliphatic rings. The number of methoxy groups -OCH3 is 3. The van der Waals surface area contributed by atoms with Crippen LogP contribution in [0.1, 0.15) is 84.9 Å². The molecule has 0 amide bonds. The molecule has 3 aromatic rings. The van der Waals surface area contributed by atoms with E-state index in [0.29, 0.717) is 34.2 Å². The van der Waals surface area contributed by atoms with Crippen molar-refractivity contribution in [1.82, 2.24) is 0 Å². The summed E-state index contributed by atoms with van der Waals surface area (Å²) in [6.45, 7) is 5.92. The summed E-state index contributed by atoms with van der Waals surface area (Å²) in [7, 11) is 4.34. The quantitative estimate of drug-likeness (QED) is 0.159. The SMILES string of the molecule is COc1c2c(c(O)c3c4c(c(C)cc13)[C@@H]1O[C@@]3(C(OC)OC)O[C@@H]1[C@@](O[C@H]1C[C@@H](OC(C)=O)[C@@](O)(C(C)=O)[C@H](C)O1)(O4)[C@@]31CO1)C(=O)CC[C@@H]2OCc1ccccc1. The third-order valence-corrected chi connectivity index (χ3v) is 12.6. The summed E-state index contributed by atoms with van der Waals surface area (Å²) < 4.78 is 69.6. The minimum absolute atomic E-state index is 0.0326. The Labute approximate surface area is 333 Å². The Kier molecular flexibility index (Phi) is 9.24. The van der Waals surface area contributed by atoms with E-state index in [-0.39, 0.29) is 54.3 Å². The van der Waals surface area contributed by atoms with Crippen LogP contribution in [0, 0.1) is 6.92 Å². The molecule has 2 N–H and O–H groups in total. The molecule has 0 saturated carbocycles. The number of esters is 1. The number of carbonyl (C=O) groups excluding carboxylic acids is 3. The zero-order valence-electron chi connectivity index (χ0n) is 33.2. The van der Waals surface area contributed by atoms with Gasteiger partial charge in [0.25, 0.3) is 11.6 Å². The molecule has 1 spiro atoms. The lowest BCUT2D eigenvalue weighted by molar-refractivity contribution is -0.385. The van der Waals surface area contributed by atoms with Gasteiger partial charge in [-0.2, -0.15) is 0 Å². The average molecular weight is 807 g/mol. The Balaban J connectivity index is 1.21. The fourth-order valence-electron chi connectivity index (χ4n) is 9.93. The molecular formula is C42H46O16. The number of epoxide rings is 1. The van der Waals surface area contributed by atoms with E-state index in [9.17, 15) is 24.6 Å². The maximum atomic E-state index is 13.9. The maximum absolute atomic E-state index is 13.9. The predicted octanol–water partition coefficient (Wildman–Crippen LogP) is 4.14. The summed E-state index contributed by atoms with van der Waals surface area (Å²) in [4.78, 5) is 39.0. The van der Waals surface area contributed by atoms with Crippen LogP contribution in [0.3, 0.4) is 0 Å². The van der Waals surface area contributed by atoms with Gasteiger partial charge < -0.3 is 62.3 Å². The predicted molar refractivity (Wildman–Crippen MR) is 197 cm³/mol. The van der Waals surface area contributed by atoms with E-state index in [1.54, 1.807) is 0 Å². The maximum Gasteiger partial charge on any atom is 0.303 e. The number of aliphatic hydroxyl groups is 1. The molecular weight excluding hydrogens is 760 g/mol. The number of benzene rings is 3. The number of hydrogen-bond acceptors (Lipinski definition) is 16. The molecule has 5 aliphatic heterocycles. The van der Waals surface area contributed by atoms with Crippen molar-refractivity contribution in [3.8, 4) is 17.2 Å². The molecule has 2 bridgehead atoms. The molecule has 3 aromatic carbocycles. The van der Waals surface area contributed by atoms with E-state index < -0.39 is 77.6 Å². The zero-order chi connectivity index (χ0) is 41.1. The first kappa shape index (κ1) is 39.2. The summed E-state index contributed by atoms with van der Waals surface area (Å²) in [5.74, 6) is -5.27. The van der Waals surface area contributed by atoms with Gasteiger partial charge in [-0.1, -0.05) is 30.3 Å². The second-order valence-electron chi connectivity index (χ2n) is 15.8. The largest absolute Gasteiger partial charge is 0.506 e. The van der Waals surface area contributed by atoms with Gasteiger partial charge in [-0.05, 0) is 44.4 Å². The third kappa shape index (κ3) is 5.16. The fraction of sp³-hybridized carbons (Fsp3) is 0.548. The number of ketones is 2. The van der Waals surface area contributed by atoms with Crippen molar-refractivity contribution in [3.63, 3.8) is 0 Å². The van der Waals surface area contributed by atoms with E-state index in [4.69, 9.17) is 52.1 Å². The van der Waals surface area contributed by atoms with E-state index in [0.717, 1.165) is 5.56 Å². The van der Waals surface area contributed by atoms with Gasteiger partial charge in [-0.15, -0.1) is 0 Å². The highest BCUT2D eigenvalue weighted by Gasteiger charge is 2.94. The number of ether oxygens (including phenoxy) is 11. The third-order valence-electron chi connectivity index (χ3n) is 12.6. The van der Waals surface area contributed by atoms with E-state index >= 15 is 0 Å². The first-order valence-corrected chi connectivity index (χ1v) is 19.3. The van der Waals surface area contributed by atoms with Crippen LogP contribution in [-0.4, -0.2) is 109 Å². The first-order chi connectivity index (χ1) is 27.7. The van der Waals surface area contributed by atoms with Crippen LogP contribution in [0.2, 0.25) is 0 Å². The smallest absolute Gasteiger partial charge is 0.303 e. The summed E-state index contributed by atoms with van der Waals surface area (Å²) in [6, 6.07) is 11.5. The van der Waals surface area contributed by atoms with Gasteiger partial charge in [-0.25, -0.2) is 0 Å². The number of aromatic hydroxyl groups is 1. The second kappa shape index (κ2) is 13.7. The van der Waals surface area contributed by atoms with E-state index in [1.807, 2.05) is 43.3 Å². The van der Waals surface area contributed by atoms with Crippen molar-refractivity contribution in [3.05, 3.63) is 64.2 Å². The summed E-state index contributed by atoms with van der Waals surface area (Å²) in [6.07, 6.45) is -7.45. The Morgan fingerprint density at radius 3 is 2.41 bits per heavy atom. The molecule has 0 aromatic heterocycles. The number of rotatable bonds is 11. The minimum Gasteiger partial charge on any atom is -0.506 e. The van der Waals surface area contributed by atoms with Crippen LogP contribution >= 0.6 is 0 Å². The molecule has 4 saturated heterocycles. The lowest BCUT2D eigenvalue weighted by atomic mass is 9.77. The Morgan fingerprint density at radius 2 is 1.78 bits per heavy atom. The highest BCUT2D eigenvalue weighted by atomic mass is 16.9. The molecule has 4 fully saturated rings. The lowest BCUT2D eigenvalue weighted by Crippen LogP contribution is -2.72. The topological polar surface area (TPSA) is 196 Å². The number of hydrogen-bond donors (Lipinski definition) is 2. The highest BCUT2D eigenvalue weighted by Crippen LogP contribution is 2.72. The Bertz CT molecular complexity index is 2200. The summed E-state index contributed by atoms with van der Waals surface area (Å²) in [5, 5.41) is 24.5. The Morgan fingerprint density at radius 1 is 1.05 bits per heavy atom. The van der Waals surface area contributed by atoms with Crippen LogP contribution in [0.5, 0.6) is 17.2 Å². The van der Waals surface area contributed by atoms with Crippen LogP contribution in [0.25, 0.3) is 10.8 Å². The van der Waals surface area contributed by atoms with Crippen molar-refractivity contribution in [2.24, 2.45) is 0 Å². The molecule has 0 unspecified atom stereocenters. The van der Waals surface area contributed by atoms with Crippen molar-refractivity contribution < 1.29 is 76.7 Å². The molecule has 58 heavy (non-hydrogen) atoms. The fourth-order valence-corrected chi connectivity index (χ4v) is 9.93. The number of phenols is 1. The van der Waals surface area contributed by atoms with Gasteiger partial charge in [0.15, 0.2) is 29.6 Å². The minimum atomic E-state index is -2.18. The van der Waals surface area contributed by atoms with Crippen molar-refractivity contribution in [1.29, 1.82) is 0 Å². The zero-order valence-corrected chi connectivity index (χ0v) is 33.2. The van der Waals surface area contributed by atoms with Gasteiger partial charge in [0.05, 0.1) is 43.5 Å². The van der Waals surface area contributed by atoms with E-state index in [1.165, 1.54) is 42.1 Å². The van der Waals surface area contributed by atoms with Crippen LogP contribution in [-0.2, 0) is 58.8 Å². The van der Waals surface area contributed by atoms with Gasteiger partial charge in [0, 0.05) is 50.5 Å². The number of carbonyl (C=O) groups is 3. The van der Waals surface area contributed by atoms with Crippen molar-refractivity contribution in [2.75, 3.05) is 27.9 Å². The molecule has 9 rings (SSSR count). The molecule has 5 heterocycles. The standard InChI is InChI=1S/C42H46O16/c1-19-15-24-30(33(46)31-25(45)13-14-26(32(31)34(24)48-5)51-17-23-11-9-8-10-12-23)35-29(19)36-37-41(56-35,39(18-52-39)42(57-36,58-37)38(49-6)50-7)55-28-16-27(54-22(4)44)40(47,20(2)43)21(3)53-28/h8-12,15,21,26-28,36-38,46-47H,13-14,16-18H2,1-7H3/t21-,26-,27+,28-,36-,37-,39-,40+,41+,42-/m0/s1. The number of aryl methyl sites for hydroxylation is 1. The van der Waals surface area contributed by atoms with Crippen LogP contribution in [0.15, 0.2) is 36.4 Å². The number of fused-ring (bicyclic) bond motifs is 8.